The molecule has 0 radical (unpaired) electrons. The zero-order valence-electron chi connectivity index (χ0n) is 11.7. The predicted molar refractivity (Wildman–Crippen MR) is 74.2 cm³/mol. The van der Waals surface area contributed by atoms with E-state index in [0.29, 0.717) is 6.54 Å². The molecule has 0 N–H and O–H groups in total. The quantitative estimate of drug-likeness (QED) is 0.796. The zero-order valence-corrected chi connectivity index (χ0v) is 11.7. The van der Waals surface area contributed by atoms with Crippen molar-refractivity contribution in [3.05, 3.63) is 52.3 Å². The molecule has 0 bridgehead atoms. The second kappa shape index (κ2) is 6.49. The minimum atomic E-state index is -0.797. The predicted octanol–water partition coefficient (Wildman–Crippen LogP) is 2.80. The summed E-state index contributed by atoms with van der Waals surface area (Å²) in [6, 6.07) is 6.45. The number of halogens is 2. The lowest BCUT2D eigenvalue weighted by Crippen LogP contribution is -2.20. The van der Waals surface area contributed by atoms with Gasteiger partial charge in [-0.2, -0.15) is 0 Å². The average molecular weight is 295 g/mol. The molecule has 0 fully saturated rings. The van der Waals surface area contributed by atoms with Crippen molar-refractivity contribution in [1.29, 1.82) is 0 Å². The van der Waals surface area contributed by atoms with Gasteiger partial charge in [-0.1, -0.05) is 6.07 Å². The highest BCUT2D eigenvalue weighted by Gasteiger charge is 2.17. The van der Waals surface area contributed by atoms with Crippen LogP contribution in [0, 0.1) is 11.6 Å². The van der Waals surface area contributed by atoms with Crippen LogP contribution in [0.15, 0.2) is 35.1 Å². The summed E-state index contributed by atoms with van der Waals surface area (Å²) >= 11 is 0. The first kappa shape index (κ1) is 15.2. The molecule has 0 atom stereocenters. The van der Waals surface area contributed by atoms with E-state index >= 15 is 0 Å². The zero-order chi connectivity index (χ0) is 15.4. The lowest BCUT2D eigenvalue weighted by Gasteiger charge is -2.13. The largest absolute Gasteiger partial charge is 0.467 e. The second-order valence-electron chi connectivity index (χ2n) is 4.31. The van der Waals surface area contributed by atoms with Crippen molar-refractivity contribution in [3.63, 3.8) is 0 Å². The highest BCUT2D eigenvalue weighted by atomic mass is 19.1. The van der Waals surface area contributed by atoms with Gasteiger partial charge < -0.3 is 14.0 Å². The number of methoxy groups -OCH3 is 1. The summed E-state index contributed by atoms with van der Waals surface area (Å²) in [6.45, 7) is 1.94. The molecule has 0 spiro atoms. The van der Waals surface area contributed by atoms with Gasteiger partial charge in [-0.15, -0.1) is 0 Å². The van der Waals surface area contributed by atoms with Crippen molar-refractivity contribution >= 4 is 0 Å². The van der Waals surface area contributed by atoms with E-state index in [1.54, 1.807) is 6.92 Å². The maximum atomic E-state index is 14.2. The first-order valence-electron chi connectivity index (χ1n) is 6.39. The van der Waals surface area contributed by atoms with Crippen molar-refractivity contribution in [3.8, 4) is 17.0 Å². The summed E-state index contributed by atoms with van der Waals surface area (Å²) in [6.07, 6.45) is 0. The van der Waals surface area contributed by atoms with Crippen LogP contribution in [-0.4, -0.2) is 18.5 Å². The van der Waals surface area contributed by atoms with Gasteiger partial charge >= 0.3 is 0 Å². The molecular weight excluding hydrogens is 280 g/mol. The first-order chi connectivity index (χ1) is 10.1. The van der Waals surface area contributed by atoms with E-state index in [9.17, 15) is 13.6 Å². The van der Waals surface area contributed by atoms with Gasteiger partial charge in [-0.25, -0.2) is 8.78 Å². The third-order valence-corrected chi connectivity index (χ3v) is 2.98. The molecule has 0 saturated heterocycles. The lowest BCUT2D eigenvalue weighted by atomic mass is 10.1. The summed E-state index contributed by atoms with van der Waals surface area (Å²) in [5.74, 6) is -1.57. The monoisotopic (exact) mass is 295 g/mol. The summed E-state index contributed by atoms with van der Waals surface area (Å²) in [5.41, 5.74) is -0.369. The topological polar surface area (TPSA) is 40.5 Å². The Balaban J connectivity index is 2.55. The highest BCUT2D eigenvalue weighted by Crippen LogP contribution is 2.29. The van der Waals surface area contributed by atoms with E-state index in [-0.39, 0.29) is 29.4 Å². The molecule has 21 heavy (non-hydrogen) atoms. The molecule has 0 aliphatic carbocycles. The average Bonchev–Trinajstić information content (AvgIpc) is 2.44. The molecule has 0 saturated carbocycles. The normalized spacial score (nSPS) is 10.7. The van der Waals surface area contributed by atoms with Crippen molar-refractivity contribution in [2.75, 3.05) is 13.9 Å². The SMILES string of the molecule is CCn1c(-c2c(F)cc(OCOC)cc2F)cccc1=O. The number of hydrogen-bond donors (Lipinski definition) is 0. The van der Waals surface area contributed by atoms with Crippen LogP contribution in [0.4, 0.5) is 8.78 Å². The van der Waals surface area contributed by atoms with Crippen LogP contribution in [0.3, 0.4) is 0 Å². The Labute approximate surface area is 120 Å². The fourth-order valence-corrected chi connectivity index (χ4v) is 2.07. The number of pyridine rings is 1. The first-order valence-corrected chi connectivity index (χ1v) is 6.39. The van der Waals surface area contributed by atoms with Crippen LogP contribution in [0.1, 0.15) is 6.92 Å². The highest BCUT2D eigenvalue weighted by molar-refractivity contribution is 5.62. The molecule has 4 nitrogen and oxygen atoms in total. The smallest absolute Gasteiger partial charge is 0.250 e. The van der Waals surface area contributed by atoms with Crippen LogP contribution in [0.2, 0.25) is 0 Å². The molecule has 0 unspecified atom stereocenters. The Hall–Kier alpha value is -2.21. The van der Waals surface area contributed by atoms with Gasteiger partial charge in [0.05, 0.1) is 11.3 Å². The van der Waals surface area contributed by atoms with Gasteiger partial charge in [0.15, 0.2) is 6.79 Å². The molecular formula is C15H15F2NO3. The minimum absolute atomic E-state index is 0.0249. The molecule has 0 amide bonds. The van der Waals surface area contributed by atoms with E-state index in [2.05, 4.69) is 4.74 Å². The van der Waals surface area contributed by atoms with Gasteiger partial charge in [0.2, 0.25) is 0 Å². The van der Waals surface area contributed by atoms with Gasteiger partial charge in [0, 0.05) is 31.9 Å². The van der Waals surface area contributed by atoms with Gasteiger partial charge in [-0.3, -0.25) is 4.79 Å². The molecule has 1 aromatic carbocycles. The number of ether oxygens (including phenoxy) is 2. The van der Waals surface area contributed by atoms with Crippen molar-refractivity contribution in [2.24, 2.45) is 0 Å². The Kier molecular flexibility index (Phi) is 4.70. The van der Waals surface area contributed by atoms with Gasteiger partial charge in [0.25, 0.3) is 5.56 Å². The molecule has 1 heterocycles. The Morgan fingerprint density at radius 1 is 1.19 bits per heavy atom. The molecule has 0 aliphatic heterocycles. The molecule has 112 valence electrons. The number of nitrogens with zero attached hydrogens (tertiary/aromatic N) is 1. The summed E-state index contributed by atoms with van der Waals surface area (Å²) < 4.78 is 39.4. The number of aromatic nitrogens is 1. The fourth-order valence-electron chi connectivity index (χ4n) is 2.07. The molecule has 2 aromatic rings. The molecule has 1 aromatic heterocycles. The third kappa shape index (κ3) is 3.11. The van der Waals surface area contributed by atoms with Crippen LogP contribution in [-0.2, 0) is 11.3 Å². The third-order valence-electron chi connectivity index (χ3n) is 2.98. The minimum Gasteiger partial charge on any atom is -0.467 e. The molecule has 2 rings (SSSR count). The lowest BCUT2D eigenvalue weighted by molar-refractivity contribution is 0.0507. The summed E-state index contributed by atoms with van der Waals surface area (Å²) in [4.78, 5) is 11.8. The Bertz CT molecular complexity index is 675. The number of benzene rings is 1. The maximum absolute atomic E-state index is 14.2. The molecule has 0 aliphatic rings. The van der Waals surface area contributed by atoms with Crippen molar-refractivity contribution in [2.45, 2.75) is 13.5 Å². The summed E-state index contributed by atoms with van der Waals surface area (Å²) in [7, 11) is 1.41. The van der Waals surface area contributed by atoms with E-state index in [0.717, 1.165) is 12.1 Å². The van der Waals surface area contributed by atoms with Crippen LogP contribution >= 0.6 is 0 Å². The van der Waals surface area contributed by atoms with Gasteiger partial charge in [0.1, 0.15) is 17.4 Å². The standard InChI is InChI=1S/C15H15F2NO3/c1-3-18-13(5-4-6-14(18)19)15-11(16)7-10(8-12(15)17)21-9-20-2/h4-8H,3,9H2,1-2H3. The van der Waals surface area contributed by atoms with Crippen molar-refractivity contribution < 1.29 is 18.3 Å². The van der Waals surface area contributed by atoms with E-state index in [1.165, 1.54) is 29.9 Å². The second-order valence-corrected chi connectivity index (χ2v) is 4.31. The van der Waals surface area contributed by atoms with Crippen LogP contribution in [0.5, 0.6) is 5.75 Å². The maximum Gasteiger partial charge on any atom is 0.250 e. The Morgan fingerprint density at radius 3 is 2.43 bits per heavy atom. The van der Waals surface area contributed by atoms with Crippen molar-refractivity contribution in [1.82, 2.24) is 4.57 Å². The van der Waals surface area contributed by atoms with Crippen LogP contribution in [0.25, 0.3) is 11.3 Å². The van der Waals surface area contributed by atoms with Gasteiger partial charge in [-0.05, 0) is 13.0 Å². The number of rotatable bonds is 5. The van der Waals surface area contributed by atoms with E-state index in [1.807, 2.05) is 0 Å². The van der Waals surface area contributed by atoms with E-state index < -0.39 is 11.6 Å². The van der Waals surface area contributed by atoms with E-state index in [4.69, 9.17) is 4.74 Å². The number of hydrogen-bond acceptors (Lipinski definition) is 3. The summed E-state index contributed by atoms with van der Waals surface area (Å²) in [5, 5.41) is 0. The van der Waals surface area contributed by atoms with Crippen LogP contribution < -0.4 is 10.3 Å². The Morgan fingerprint density at radius 2 is 1.86 bits per heavy atom. The fraction of sp³-hybridized carbons (Fsp3) is 0.267. The molecule has 6 heteroatoms.